The molecule has 0 radical (unpaired) electrons. The Morgan fingerprint density at radius 3 is 2.82 bits per heavy atom. The molecule has 4 nitrogen and oxygen atoms in total. The van der Waals surface area contributed by atoms with Gasteiger partial charge in [-0.1, -0.05) is 17.7 Å². The number of amides is 1. The van der Waals surface area contributed by atoms with Crippen molar-refractivity contribution in [1.82, 2.24) is 0 Å². The Kier molecular flexibility index (Phi) is 3.90. The molecule has 6 heteroatoms. The van der Waals surface area contributed by atoms with Crippen LogP contribution in [-0.4, -0.2) is 19.1 Å². The third kappa shape index (κ3) is 2.85. The van der Waals surface area contributed by atoms with Crippen LogP contribution in [0.25, 0.3) is 0 Å². The van der Waals surface area contributed by atoms with Crippen molar-refractivity contribution in [1.29, 1.82) is 0 Å². The van der Waals surface area contributed by atoms with Gasteiger partial charge in [-0.15, -0.1) is 0 Å². The van der Waals surface area contributed by atoms with E-state index in [0.29, 0.717) is 41.0 Å². The highest BCUT2D eigenvalue weighted by Gasteiger charge is 2.19. The van der Waals surface area contributed by atoms with Crippen LogP contribution in [0.15, 0.2) is 30.3 Å². The number of anilines is 1. The molecule has 0 aliphatic carbocycles. The summed E-state index contributed by atoms with van der Waals surface area (Å²) in [4.78, 5) is 12.3. The first-order chi connectivity index (χ1) is 10.5. The van der Waals surface area contributed by atoms with E-state index >= 15 is 0 Å². The predicted octanol–water partition coefficient (Wildman–Crippen LogP) is 3.81. The zero-order valence-electron chi connectivity index (χ0n) is 11.8. The van der Waals surface area contributed by atoms with E-state index in [1.54, 1.807) is 19.1 Å². The van der Waals surface area contributed by atoms with Crippen LogP contribution in [0.3, 0.4) is 0 Å². The Hall–Kier alpha value is -2.27. The summed E-state index contributed by atoms with van der Waals surface area (Å²) in [6.45, 7) is 2.60. The molecule has 0 bridgehead atoms. The van der Waals surface area contributed by atoms with Crippen molar-refractivity contribution in [3.63, 3.8) is 0 Å². The third-order valence-corrected chi connectivity index (χ3v) is 3.59. The van der Waals surface area contributed by atoms with Crippen LogP contribution in [0.4, 0.5) is 10.1 Å². The quantitative estimate of drug-likeness (QED) is 0.915. The topological polar surface area (TPSA) is 47.6 Å². The number of ether oxygens (including phenoxy) is 2. The number of hydrogen-bond acceptors (Lipinski definition) is 3. The molecule has 0 saturated carbocycles. The fourth-order valence-corrected chi connectivity index (χ4v) is 2.43. The number of nitrogens with one attached hydrogen (secondary N) is 1. The van der Waals surface area contributed by atoms with Crippen molar-refractivity contribution in [2.45, 2.75) is 6.92 Å². The maximum absolute atomic E-state index is 13.3. The van der Waals surface area contributed by atoms with E-state index in [9.17, 15) is 9.18 Å². The molecule has 0 spiro atoms. The monoisotopic (exact) mass is 321 g/mol. The predicted molar refractivity (Wildman–Crippen MR) is 81.5 cm³/mol. The normalized spacial score (nSPS) is 12.9. The van der Waals surface area contributed by atoms with Gasteiger partial charge in [0.25, 0.3) is 5.91 Å². The van der Waals surface area contributed by atoms with Gasteiger partial charge in [0.05, 0.1) is 5.02 Å². The largest absolute Gasteiger partial charge is 0.486 e. The average molecular weight is 322 g/mol. The van der Waals surface area contributed by atoms with Gasteiger partial charge < -0.3 is 14.8 Å². The molecule has 0 fully saturated rings. The standard InChI is InChI=1S/C16H13ClFNO3/c1-9-2-3-11(18)8-13(9)19-16(20)10-6-12(17)15-14(7-10)21-4-5-22-15/h2-3,6-8H,4-5H2,1H3,(H,19,20). The van der Waals surface area contributed by atoms with Crippen LogP contribution in [0, 0.1) is 12.7 Å². The second kappa shape index (κ2) is 5.85. The number of fused-ring (bicyclic) bond motifs is 1. The van der Waals surface area contributed by atoms with Crippen LogP contribution in [0.5, 0.6) is 11.5 Å². The van der Waals surface area contributed by atoms with Crippen LogP contribution in [0.2, 0.25) is 5.02 Å². The highest BCUT2D eigenvalue weighted by atomic mass is 35.5. The molecule has 1 heterocycles. The molecule has 0 aromatic heterocycles. The first-order valence-corrected chi connectivity index (χ1v) is 7.09. The molecule has 1 aliphatic rings. The molecule has 2 aromatic carbocycles. The minimum Gasteiger partial charge on any atom is -0.486 e. The van der Waals surface area contributed by atoms with E-state index < -0.39 is 11.7 Å². The zero-order valence-corrected chi connectivity index (χ0v) is 12.5. The van der Waals surface area contributed by atoms with Crippen molar-refractivity contribution in [3.05, 3.63) is 52.3 Å². The summed E-state index contributed by atoms with van der Waals surface area (Å²) >= 11 is 6.11. The van der Waals surface area contributed by atoms with Crippen molar-refractivity contribution in [3.8, 4) is 11.5 Å². The smallest absolute Gasteiger partial charge is 0.255 e. The highest BCUT2D eigenvalue weighted by Crippen LogP contribution is 2.38. The molecule has 1 N–H and O–H groups in total. The van der Waals surface area contributed by atoms with Crippen molar-refractivity contribution in [2.24, 2.45) is 0 Å². The maximum Gasteiger partial charge on any atom is 0.255 e. The summed E-state index contributed by atoms with van der Waals surface area (Å²) < 4.78 is 24.1. The van der Waals surface area contributed by atoms with Gasteiger partial charge in [0, 0.05) is 11.3 Å². The molecule has 114 valence electrons. The minimum absolute atomic E-state index is 0.304. The van der Waals surface area contributed by atoms with E-state index in [1.807, 2.05) is 0 Å². The second-order valence-corrected chi connectivity index (χ2v) is 5.30. The number of aryl methyl sites for hydroxylation is 1. The lowest BCUT2D eigenvalue weighted by atomic mass is 10.1. The summed E-state index contributed by atoms with van der Waals surface area (Å²) in [6.07, 6.45) is 0. The SMILES string of the molecule is Cc1ccc(F)cc1NC(=O)c1cc(Cl)c2c(c1)OCCO2. The number of carbonyl (C=O) groups is 1. The zero-order chi connectivity index (χ0) is 15.7. The van der Waals surface area contributed by atoms with Crippen LogP contribution in [0.1, 0.15) is 15.9 Å². The second-order valence-electron chi connectivity index (χ2n) is 4.90. The molecule has 3 rings (SSSR count). The van der Waals surface area contributed by atoms with Crippen LogP contribution in [-0.2, 0) is 0 Å². The van der Waals surface area contributed by atoms with Gasteiger partial charge in [0.2, 0.25) is 0 Å². The lowest BCUT2D eigenvalue weighted by Crippen LogP contribution is -2.18. The molecule has 1 amide bonds. The third-order valence-electron chi connectivity index (χ3n) is 3.31. The lowest BCUT2D eigenvalue weighted by Gasteiger charge is -2.20. The van der Waals surface area contributed by atoms with Gasteiger partial charge in [-0.3, -0.25) is 4.79 Å². The molecule has 22 heavy (non-hydrogen) atoms. The molecule has 0 saturated heterocycles. The van der Waals surface area contributed by atoms with Crippen molar-refractivity contribution < 1.29 is 18.7 Å². The van der Waals surface area contributed by atoms with Crippen molar-refractivity contribution in [2.75, 3.05) is 18.5 Å². The Morgan fingerprint density at radius 1 is 1.23 bits per heavy atom. The molecule has 0 unspecified atom stereocenters. The summed E-state index contributed by atoms with van der Waals surface area (Å²) in [5.74, 6) is 0.0555. The van der Waals surface area contributed by atoms with Crippen LogP contribution < -0.4 is 14.8 Å². The van der Waals surface area contributed by atoms with Gasteiger partial charge in [-0.05, 0) is 36.8 Å². The van der Waals surface area contributed by atoms with E-state index in [1.165, 1.54) is 18.2 Å². The van der Waals surface area contributed by atoms with Gasteiger partial charge in [-0.25, -0.2) is 4.39 Å². The number of halogens is 2. The Bertz CT molecular complexity index is 748. The van der Waals surface area contributed by atoms with E-state index in [4.69, 9.17) is 21.1 Å². The van der Waals surface area contributed by atoms with E-state index in [0.717, 1.165) is 5.56 Å². The molecular formula is C16H13ClFNO3. The van der Waals surface area contributed by atoms with E-state index in [-0.39, 0.29) is 0 Å². The first-order valence-electron chi connectivity index (χ1n) is 6.71. The lowest BCUT2D eigenvalue weighted by molar-refractivity contribution is 0.102. The minimum atomic E-state index is -0.416. The molecule has 1 aliphatic heterocycles. The van der Waals surface area contributed by atoms with Gasteiger partial charge >= 0.3 is 0 Å². The average Bonchev–Trinajstić information content (AvgIpc) is 2.51. The Labute approximate surface area is 131 Å². The number of hydrogen-bond donors (Lipinski definition) is 1. The van der Waals surface area contributed by atoms with E-state index in [2.05, 4.69) is 5.32 Å². The highest BCUT2D eigenvalue weighted by molar-refractivity contribution is 6.32. The maximum atomic E-state index is 13.3. The Balaban J connectivity index is 1.89. The number of rotatable bonds is 2. The van der Waals surface area contributed by atoms with Gasteiger partial charge in [0.1, 0.15) is 19.0 Å². The molecular weight excluding hydrogens is 309 g/mol. The van der Waals surface area contributed by atoms with Gasteiger partial charge in [-0.2, -0.15) is 0 Å². The van der Waals surface area contributed by atoms with Gasteiger partial charge in [0.15, 0.2) is 11.5 Å². The summed E-state index contributed by atoms with van der Waals surface area (Å²) in [7, 11) is 0. The summed E-state index contributed by atoms with van der Waals surface area (Å²) in [6, 6.07) is 7.27. The number of benzene rings is 2. The number of carbonyl (C=O) groups excluding carboxylic acids is 1. The first kappa shape index (κ1) is 14.7. The van der Waals surface area contributed by atoms with Crippen molar-refractivity contribution >= 4 is 23.2 Å². The van der Waals surface area contributed by atoms with Crippen LogP contribution >= 0.6 is 11.6 Å². The fourth-order valence-electron chi connectivity index (χ4n) is 2.17. The summed E-state index contributed by atoms with van der Waals surface area (Å²) in [5, 5.41) is 2.97. The molecule has 0 atom stereocenters. The molecule has 2 aromatic rings. The fraction of sp³-hybridized carbons (Fsp3) is 0.188. The Morgan fingerprint density at radius 2 is 2.00 bits per heavy atom. The summed E-state index contributed by atoms with van der Waals surface area (Å²) in [5.41, 5.74) is 1.49.